The minimum absolute atomic E-state index is 0.0198. The number of carbonyl (C=O) groups is 2. The van der Waals surface area contributed by atoms with Gasteiger partial charge < -0.3 is 45.4 Å². The second-order valence-electron chi connectivity index (χ2n) is 20.8. The molecule has 61 heavy (non-hydrogen) atoms. The van der Waals surface area contributed by atoms with E-state index in [1.807, 2.05) is 0 Å². The van der Waals surface area contributed by atoms with Crippen molar-refractivity contribution in [2.75, 3.05) is 11.9 Å². The summed E-state index contributed by atoms with van der Waals surface area (Å²) in [5.41, 5.74) is -0.710. The molecular weight excluding hydrogens is 777 g/mol. The van der Waals surface area contributed by atoms with Crippen molar-refractivity contribution in [2.24, 2.45) is 34.0 Å². The van der Waals surface area contributed by atoms with Crippen LogP contribution in [0.2, 0.25) is 0 Å². The summed E-state index contributed by atoms with van der Waals surface area (Å²) in [6.45, 7) is 1.84. The fourth-order valence-electron chi connectivity index (χ4n) is 16.3. The van der Waals surface area contributed by atoms with E-state index in [1.54, 1.807) is 37.4 Å². The summed E-state index contributed by atoms with van der Waals surface area (Å²) in [5.74, 6) is -3.54. The van der Waals surface area contributed by atoms with Gasteiger partial charge in [0.05, 0.1) is 23.3 Å². The predicted molar refractivity (Wildman–Crippen MR) is 220 cm³/mol. The summed E-state index contributed by atoms with van der Waals surface area (Å²) in [7, 11) is 0. The van der Waals surface area contributed by atoms with Gasteiger partial charge in [0.25, 0.3) is 5.79 Å². The SMILES string of the molecule is Cc1cc(O)c2c(c1)C(=O)c1c(c3cc4c(nccc14)NC[C@H](O)[C@@]14C5=C6C7=C[C@@]8(O3)O[C@@]6([C@@H](O)[C@H](O)[C@H]8O)[C@@H](O)[C@@]3(CCC6(CCCC6)C3)[C@H]5CC[C@H]1CC[C@@H]4CC7)C2=O. The van der Waals surface area contributed by atoms with Crippen LogP contribution in [0.1, 0.15) is 121 Å². The fourth-order valence-corrected chi connectivity index (χ4v) is 16.3. The largest absolute Gasteiger partial charge is 0.507 e. The minimum atomic E-state index is -2.27. The molecule has 0 unspecified atom stereocenters. The molecule has 5 fully saturated rings. The van der Waals surface area contributed by atoms with Gasteiger partial charge in [-0.3, -0.25) is 9.59 Å². The van der Waals surface area contributed by atoms with E-state index in [2.05, 4.69) is 5.32 Å². The molecule has 12 heteroatoms. The topological polar surface area (TPSA) is 199 Å². The van der Waals surface area contributed by atoms with Gasteiger partial charge in [0.15, 0.2) is 17.5 Å². The maximum Gasteiger partial charge on any atom is 0.260 e. The van der Waals surface area contributed by atoms with Gasteiger partial charge in [-0.25, -0.2) is 4.98 Å². The molecule has 3 aromatic rings. The number of aryl methyl sites for hydroxylation is 1. The molecule has 4 aliphatic heterocycles. The second kappa shape index (κ2) is 11.9. The third kappa shape index (κ3) is 4.22. The number of fused-ring (bicyclic) bond motifs is 6. The Morgan fingerprint density at radius 1 is 0.836 bits per heavy atom. The molecule has 0 radical (unpaired) electrons. The number of hydrogen-bond donors (Lipinski definition) is 7. The highest BCUT2D eigenvalue weighted by atomic mass is 16.7. The number of aliphatic hydroxyl groups excluding tert-OH is 5. The Morgan fingerprint density at radius 2 is 1.61 bits per heavy atom. The number of pyridine rings is 1. The second-order valence-corrected chi connectivity index (χ2v) is 20.8. The number of phenols is 1. The van der Waals surface area contributed by atoms with Crippen LogP contribution in [0, 0.1) is 40.9 Å². The molecule has 1 aromatic heterocycles. The number of ketones is 2. The molecule has 5 heterocycles. The summed E-state index contributed by atoms with van der Waals surface area (Å²) in [5, 5.41) is 79.9. The molecule has 7 N–H and O–H groups in total. The van der Waals surface area contributed by atoms with Crippen LogP contribution in [-0.4, -0.2) is 95.6 Å². The van der Waals surface area contributed by atoms with E-state index in [4.69, 9.17) is 14.5 Å². The average molecular weight is 829 g/mol. The molecule has 2 aromatic carbocycles. The average Bonchev–Trinajstić information content (AvgIpc) is 3.95. The van der Waals surface area contributed by atoms with Crippen molar-refractivity contribution in [3.05, 3.63) is 81.1 Å². The zero-order chi connectivity index (χ0) is 41.7. The van der Waals surface area contributed by atoms with Crippen LogP contribution in [0.25, 0.3) is 10.8 Å². The van der Waals surface area contributed by atoms with Crippen LogP contribution in [0.4, 0.5) is 5.82 Å². The van der Waals surface area contributed by atoms with Crippen LogP contribution in [0.15, 0.2) is 53.3 Å². The first-order valence-corrected chi connectivity index (χ1v) is 22.7. The quantitative estimate of drug-likeness (QED) is 0.121. The standard InChI is InChI=1S/C49H52N2O10/c1-22-16-28-33(30(52)17-22)39(55)35-31-18-27-26(34(35)38(28)54)10-15-50-43(27)51-20-32(53)48-24-5-4-23-19-47(60-31)41(57)40(56)42(58)49(61-47)36(23)37(48)29(9-8-25(48)7-6-24)46(44(49)59)14-13-45(21-46)11-2-3-12-45/h10,15-19,24-25,29,32,40-42,44,52-53,56-59H,2-9,11-14,20-21H2,1H3,(H,50,51)/t24-,25+,29-,32-,40+,41+,42-,44-,46+,47+,48-,49-/m0/s1. The first-order chi connectivity index (χ1) is 29.3. The molecule has 8 bridgehead atoms. The van der Waals surface area contributed by atoms with E-state index in [0.29, 0.717) is 47.0 Å². The molecule has 12 nitrogen and oxygen atoms in total. The summed E-state index contributed by atoms with van der Waals surface area (Å²) in [6.07, 6.45) is 6.90. The molecule has 4 saturated carbocycles. The van der Waals surface area contributed by atoms with Crippen molar-refractivity contribution in [2.45, 2.75) is 132 Å². The summed E-state index contributed by atoms with van der Waals surface area (Å²) in [6, 6.07) is 6.23. The summed E-state index contributed by atoms with van der Waals surface area (Å²) >= 11 is 0. The van der Waals surface area contributed by atoms with Crippen molar-refractivity contribution in [1.82, 2.24) is 4.98 Å². The van der Waals surface area contributed by atoms with Crippen molar-refractivity contribution in [1.29, 1.82) is 0 Å². The van der Waals surface area contributed by atoms with E-state index >= 15 is 0 Å². The number of nitrogens with zero attached hydrogens (tertiary/aromatic N) is 1. The van der Waals surface area contributed by atoms with E-state index in [0.717, 1.165) is 75.4 Å². The lowest BCUT2D eigenvalue weighted by atomic mass is 9.43. The highest BCUT2D eigenvalue weighted by Gasteiger charge is 2.78. The maximum atomic E-state index is 14.9. The zero-order valence-corrected chi connectivity index (χ0v) is 34.2. The Bertz CT molecular complexity index is 2610. The molecular formula is C49H52N2O10. The van der Waals surface area contributed by atoms with E-state index in [9.17, 15) is 40.2 Å². The molecule has 0 amide bonds. The molecule has 11 aliphatic rings. The Balaban J connectivity index is 1.13. The maximum absolute atomic E-state index is 14.9. The highest BCUT2D eigenvalue weighted by Crippen LogP contribution is 2.77. The Labute approximate surface area is 352 Å². The monoisotopic (exact) mass is 828 g/mol. The Morgan fingerprint density at radius 3 is 2.41 bits per heavy atom. The van der Waals surface area contributed by atoms with E-state index in [-0.39, 0.29) is 63.5 Å². The lowest BCUT2D eigenvalue weighted by Crippen LogP contribution is -2.80. The number of aromatic nitrogens is 1. The van der Waals surface area contributed by atoms with Gasteiger partial charge in [0.1, 0.15) is 29.5 Å². The first kappa shape index (κ1) is 37.4. The smallest absolute Gasteiger partial charge is 0.260 e. The lowest BCUT2D eigenvalue weighted by Gasteiger charge is -2.67. The molecule has 12 atom stereocenters. The molecule has 7 aliphatic carbocycles. The number of hydrogen-bond acceptors (Lipinski definition) is 12. The van der Waals surface area contributed by atoms with Crippen molar-refractivity contribution < 1.29 is 49.7 Å². The van der Waals surface area contributed by atoms with Crippen molar-refractivity contribution in [3.8, 4) is 11.5 Å². The number of aliphatic hydroxyl groups is 5. The lowest BCUT2D eigenvalue weighted by molar-refractivity contribution is -0.371. The molecule has 1 saturated heterocycles. The van der Waals surface area contributed by atoms with Gasteiger partial charge in [-0.2, -0.15) is 0 Å². The van der Waals surface area contributed by atoms with Gasteiger partial charge in [0.2, 0.25) is 5.78 Å². The highest BCUT2D eigenvalue weighted by molar-refractivity contribution is 6.34. The predicted octanol–water partition coefficient (Wildman–Crippen LogP) is 5.30. The number of ether oxygens (including phenoxy) is 2. The number of aromatic hydroxyl groups is 1. The number of rotatable bonds is 0. The normalized spacial score (nSPS) is 42.1. The first-order valence-electron chi connectivity index (χ1n) is 22.7. The minimum Gasteiger partial charge on any atom is -0.507 e. The van der Waals surface area contributed by atoms with E-state index in [1.165, 1.54) is 6.07 Å². The molecule has 318 valence electrons. The van der Waals surface area contributed by atoms with Crippen LogP contribution in [0.3, 0.4) is 0 Å². The van der Waals surface area contributed by atoms with Gasteiger partial charge in [-0.05, 0) is 153 Å². The van der Waals surface area contributed by atoms with Crippen LogP contribution >= 0.6 is 0 Å². The molecule has 14 rings (SSSR count). The summed E-state index contributed by atoms with van der Waals surface area (Å²) in [4.78, 5) is 34.4. The van der Waals surface area contributed by atoms with Crippen LogP contribution < -0.4 is 10.1 Å². The number of anilines is 1. The Hall–Kier alpha value is -4.17. The van der Waals surface area contributed by atoms with Crippen molar-refractivity contribution in [3.63, 3.8) is 0 Å². The molecule has 5 spiro atoms. The third-order valence-electron chi connectivity index (χ3n) is 18.4. The number of nitrogens with one attached hydrogen (secondary N) is 1. The summed E-state index contributed by atoms with van der Waals surface area (Å²) < 4.78 is 14.3. The van der Waals surface area contributed by atoms with Gasteiger partial charge in [0, 0.05) is 40.1 Å². The van der Waals surface area contributed by atoms with E-state index < -0.39 is 64.3 Å². The van der Waals surface area contributed by atoms with Gasteiger partial charge in [-0.15, -0.1) is 0 Å². The van der Waals surface area contributed by atoms with Gasteiger partial charge in [-0.1, -0.05) is 18.4 Å². The number of phenolic OH excluding ortho intramolecular Hbond substituents is 1. The van der Waals surface area contributed by atoms with Crippen LogP contribution in [0.5, 0.6) is 11.5 Å². The fraction of sp³-hybridized carbons (Fsp3) is 0.571. The number of benzene rings is 2. The Kier molecular flexibility index (Phi) is 7.29. The van der Waals surface area contributed by atoms with Crippen molar-refractivity contribution >= 4 is 28.2 Å². The third-order valence-corrected chi connectivity index (χ3v) is 18.4. The van der Waals surface area contributed by atoms with Gasteiger partial charge >= 0.3 is 0 Å². The van der Waals surface area contributed by atoms with Crippen LogP contribution in [-0.2, 0) is 4.74 Å². The zero-order valence-electron chi connectivity index (χ0n) is 34.2. The number of carbonyl (C=O) groups excluding carboxylic acids is 2.